The molecule has 0 spiro atoms. The molecule has 0 atom stereocenters. The average Bonchev–Trinajstić information content (AvgIpc) is 3.84. The Kier molecular flexibility index (Phi) is 9.88. The Labute approximate surface area is 398 Å². The van der Waals surface area contributed by atoms with Crippen molar-refractivity contribution in [2.45, 2.75) is 74.1 Å². The van der Waals surface area contributed by atoms with E-state index in [1.54, 1.807) is 0 Å². The van der Waals surface area contributed by atoms with E-state index in [0.29, 0.717) is 11.8 Å². The highest BCUT2D eigenvalue weighted by molar-refractivity contribution is 6.28. The molecule has 0 N–H and O–H groups in total. The summed E-state index contributed by atoms with van der Waals surface area (Å²) in [4.78, 5) is 4.88. The van der Waals surface area contributed by atoms with E-state index in [9.17, 15) is 0 Å². The van der Waals surface area contributed by atoms with Crippen molar-refractivity contribution < 1.29 is 8.83 Å². The number of benzene rings is 9. The smallest absolute Gasteiger partial charge is 0.159 e. The lowest BCUT2D eigenvalue weighted by Gasteiger charge is -2.30. The van der Waals surface area contributed by atoms with Crippen LogP contribution >= 0.6 is 0 Å². The molecular weight excluding hydrogens is 829 g/mol. The predicted molar refractivity (Wildman–Crippen MR) is 291 cm³/mol. The second-order valence-electron chi connectivity index (χ2n) is 19.6. The molecule has 0 amide bonds. The third kappa shape index (κ3) is 6.41. The first-order chi connectivity index (χ1) is 33.1. The molecule has 0 aliphatic heterocycles. The van der Waals surface area contributed by atoms with Gasteiger partial charge in [-0.2, -0.15) is 0 Å². The van der Waals surface area contributed by atoms with Gasteiger partial charge >= 0.3 is 0 Å². The van der Waals surface area contributed by atoms with Crippen molar-refractivity contribution >= 4 is 111 Å². The van der Waals surface area contributed by atoms with E-state index in [4.69, 9.17) is 8.83 Å². The van der Waals surface area contributed by atoms with E-state index in [2.05, 4.69) is 223 Å². The van der Waals surface area contributed by atoms with E-state index < -0.39 is 0 Å². The number of aryl methyl sites for hydroxylation is 4. The molecule has 0 bridgehead atoms. The first-order valence-electron chi connectivity index (χ1n) is 24.4. The predicted octanol–water partition coefficient (Wildman–Crippen LogP) is 19.2. The number of rotatable bonds is 9. The molecule has 0 fully saturated rings. The summed E-state index contributed by atoms with van der Waals surface area (Å²) in [5, 5.41) is 10.6. The minimum absolute atomic E-state index is 0.324. The fraction of sp³-hybridized carbons (Fsp3) is 0.188. The maximum atomic E-state index is 7.12. The molecule has 0 saturated carbocycles. The van der Waals surface area contributed by atoms with Gasteiger partial charge in [-0.15, -0.1) is 0 Å². The van der Waals surface area contributed by atoms with Crippen molar-refractivity contribution in [1.29, 1.82) is 0 Å². The van der Waals surface area contributed by atoms with Crippen molar-refractivity contribution in [3.8, 4) is 0 Å². The highest BCUT2D eigenvalue weighted by Gasteiger charge is 2.28. The number of allylic oxidation sites excluding steroid dienone is 3. The van der Waals surface area contributed by atoms with E-state index in [1.807, 2.05) is 0 Å². The molecule has 4 heteroatoms. The fourth-order valence-electron chi connectivity index (χ4n) is 11.2. The summed E-state index contributed by atoms with van der Waals surface area (Å²) < 4.78 is 14.2. The van der Waals surface area contributed by atoms with Crippen molar-refractivity contribution in [3.05, 3.63) is 191 Å². The lowest BCUT2D eigenvalue weighted by Crippen LogP contribution is -2.12. The first-order valence-corrected chi connectivity index (χ1v) is 24.4. The fourth-order valence-corrected chi connectivity index (χ4v) is 11.2. The number of hydrogen-bond donors (Lipinski definition) is 0. The van der Waals surface area contributed by atoms with Gasteiger partial charge in [0.25, 0.3) is 0 Å². The largest absolute Gasteiger partial charge is 0.454 e. The summed E-state index contributed by atoms with van der Waals surface area (Å²) in [6, 6.07) is 52.1. The molecule has 2 heterocycles. The van der Waals surface area contributed by atoms with Crippen LogP contribution in [-0.2, 0) is 6.42 Å². The van der Waals surface area contributed by atoms with Crippen LogP contribution in [0.3, 0.4) is 0 Å². The third-order valence-electron chi connectivity index (χ3n) is 14.8. The summed E-state index contributed by atoms with van der Waals surface area (Å²) in [5.41, 5.74) is 17.9. The van der Waals surface area contributed by atoms with Crippen LogP contribution in [0.1, 0.15) is 86.1 Å². The van der Waals surface area contributed by atoms with Crippen LogP contribution in [-0.4, -0.2) is 0 Å². The van der Waals surface area contributed by atoms with Gasteiger partial charge in [0.1, 0.15) is 11.3 Å². The molecule has 68 heavy (non-hydrogen) atoms. The number of anilines is 6. The molecule has 1 aliphatic carbocycles. The van der Waals surface area contributed by atoms with E-state index in [1.165, 1.54) is 65.7 Å². The summed E-state index contributed by atoms with van der Waals surface area (Å²) in [5.74, 6) is 1.63. The minimum atomic E-state index is 0.324. The SMILES string of the molecule is CCc1ccc(N(c2ccc3ccc4c(N(c5ccc(C)c(C)c5)c5cccc6c7c(oc56)C(C(C)C)=CCC=C7)ccc5ccc2c3c54)c2cccc3c2oc2c(C(C)C)cccc23)cc1C. The van der Waals surface area contributed by atoms with Crippen LogP contribution in [0.15, 0.2) is 161 Å². The number of hydrogen-bond acceptors (Lipinski definition) is 4. The quantitative estimate of drug-likeness (QED) is 0.135. The second-order valence-corrected chi connectivity index (χ2v) is 19.6. The lowest BCUT2D eigenvalue weighted by atomic mass is 9.91. The summed E-state index contributed by atoms with van der Waals surface area (Å²) in [6.45, 7) is 17.9. The summed E-state index contributed by atoms with van der Waals surface area (Å²) in [7, 11) is 0. The number of furan rings is 2. The van der Waals surface area contributed by atoms with Crippen molar-refractivity contribution in [2.75, 3.05) is 9.80 Å². The molecule has 0 unspecified atom stereocenters. The van der Waals surface area contributed by atoms with Crippen LogP contribution < -0.4 is 9.80 Å². The second kappa shape index (κ2) is 16.1. The molecule has 0 radical (unpaired) electrons. The van der Waals surface area contributed by atoms with Crippen molar-refractivity contribution in [2.24, 2.45) is 5.92 Å². The zero-order valence-corrected chi connectivity index (χ0v) is 40.3. The van der Waals surface area contributed by atoms with Crippen LogP contribution in [0.4, 0.5) is 34.1 Å². The number of fused-ring (bicyclic) bond motifs is 6. The molecule has 0 saturated heterocycles. The van der Waals surface area contributed by atoms with Gasteiger partial charge < -0.3 is 18.6 Å². The van der Waals surface area contributed by atoms with Crippen LogP contribution in [0.2, 0.25) is 0 Å². The zero-order valence-electron chi connectivity index (χ0n) is 40.3. The van der Waals surface area contributed by atoms with Crippen molar-refractivity contribution in [1.82, 2.24) is 0 Å². The Morgan fingerprint density at radius 1 is 0.500 bits per heavy atom. The Bertz CT molecular complexity index is 3870. The van der Waals surface area contributed by atoms with Gasteiger partial charge in [-0.1, -0.05) is 144 Å². The molecule has 11 aromatic rings. The number of para-hydroxylation sites is 3. The van der Waals surface area contributed by atoms with Gasteiger partial charge in [-0.3, -0.25) is 0 Å². The Hall–Kier alpha value is -7.56. The van der Waals surface area contributed by atoms with Gasteiger partial charge in [-0.05, 0) is 149 Å². The first kappa shape index (κ1) is 41.8. The van der Waals surface area contributed by atoms with Gasteiger partial charge in [-0.25, -0.2) is 0 Å². The maximum Gasteiger partial charge on any atom is 0.159 e. The minimum Gasteiger partial charge on any atom is -0.454 e. The monoisotopic (exact) mass is 884 g/mol. The van der Waals surface area contributed by atoms with Crippen molar-refractivity contribution in [3.63, 3.8) is 0 Å². The van der Waals surface area contributed by atoms with Gasteiger partial charge in [0.05, 0.1) is 22.7 Å². The molecular formula is C64H56N2O2. The third-order valence-corrected chi connectivity index (χ3v) is 14.8. The van der Waals surface area contributed by atoms with Gasteiger partial charge in [0.2, 0.25) is 0 Å². The zero-order chi connectivity index (χ0) is 46.5. The average molecular weight is 885 g/mol. The normalized spacial score (nSPS) is 13.0. The van der Waals surface area contributed by atoms with Crippen LogP contribution in [0, 0.1) is 26.7 Å². The Morgan fingerprint density at radius 2 is 1.07 bits per heavy atom. The summed E-state index contributed by atoms with van der Waals surface area (Å²) >= 11 is 0. The van der Waals surface area contributed by atoms with E-state index in [-0.39, 0.29) is 0 Å². The highest BCUT2D eigenvalue weighted by atomic mass is 16.3. The topological polar surface area (TPSA) is 32.8 Å². The molecule has 9 aromatic carbocycles. The Balaban J connectivity index is 1.13. The lowest BCUT2D eigenvalue weighted by molar-refractivity contribution is 0.588. The Morgan fingerprint density at radius 3 is 1.68 bits per heavy atom. The molecule has 12 rings (SSSR count). The molecule has 2 aromatic heterocycles. The molecule has 4 nitrogen and oxygen atoms in total. The highest BCUT2D eigenvalue weighted by Crippen LogP contribution is 2.51. The van der Waals surface area contributed by atoms with E-state index in [0.717, 1.165) is 91.2 Å². The standard InChI is InChI=1S/C64H56N2O2/c1-9-42-24-30-46(36-41(42)8)66(58-22-14-20-52-50-18-12-17-48(38(4)5)62(50)68-64(52)58)56-34-28-44-25-31-53-55(33-27-43-26-32-54(56)60(44)59(43)53)65(45-29-23-39(6)40(7)35-45)57-21-13-19-51-49-16-11-10-15-47(37(2)3)61(49)67-63(51)57/h11-38H,9-10H2,1-8H3. The maximum absolute atomic E-state index is 7.12. The van der Waals surface area contributed by atoms with Gasteiger partial charge in [0.15, 0.2) is 11.2 Å². The molecule has 334 valence electrons. The van der Waals surface area contributed by atoms with Crippen LogP contribution in [0.25, 0.3) is 76.9 Å². The molecule has 1 aliphatic rings. The van der Waals surface area contributed by atoms with Crippen LogP contribution in [0.5, 0.6) is 0 Å². The number of nitrogens with zero attached hydrogens (tertiary/aromatic N) is 2. The van der Waals surface area contributed by atoms with E-state index >= 15 is 0 Å². The summed E-state index contributed by atoms with van der Waals surface area (Å²) in [6.07, 6.45) is 8.72. The van der Waals surface area contributed by atoms with Gasteiger partial charge in [0, 0.05) is 43.9 Å².